The molecule has 0 saturated heterocycles. The van der Waals surface area contributed by atoms with E-state index in [1.807, 2.05) is 5.38 Å². The first-order valence-corrected chi connectivity index (χ1v) is 5.66. The summed E-state index contributed by atoms with van der Waals surface area (Å²) < 4.78 is 5.29. The number of rotatable bonds is 7. The first-order chi connectivity index (χ1) is 6.83. The van der Waals surface area contributed by atoms with Crippen LogP contribution in [-0.2, 0) is 11.3 Å². The molecule has 0 aliphatic rings. The number of nitrogens with one attached hydrogen (secondary N) is 2. The van der Waals surface area contributed by atoms with Crippen molar-refractivity contribution in [2.45, 2.75) is 19.9 Å². The third kappa shape index (κ3) is 4.55. The summed E-state index contributed by atoms with van der Waals surface area (Å²) in [5.41, 5.74) is 0.940. The average Bonchev–Trinajstić information content (AvgIpc) is 2.58. The fourth-order valence-electron chi connectivity index (χ4n) is 1.01. The lowest BCUT2D eigenvalue weighted by Gasteiger charge is -2.03. The van der Waals surface area contributed by atoms with Gasteiger partial charge in [-0.15, -0.1) is 0 Å². The van der Waals surface area contributed by atoms with Crippen LogP contribution in [0.4, 0.5) is 0 Å². The zero-order chi connectivity index (χ0) is 10.2. The van der Waals surface area contributed by atoms with Gasteiger partial charge < -0.3 is 15.0 Å². The number of aromatic nitrogens is 1. The van der Waals surface area contributed by atoms with Gasteiger partial charge in [0.1, 0.15) is 0 Å². The Morgan fingerprint density at radius 2 is 2.43 bits per heavy atom. The highest BCUT2D eigenvalue weighted by molar-refractivity contribution is 7.07. The molecule has 0 amide bonds. The minimum atomic E-state index is 0.00373. The maximum Gasteiger partial charge on any atom is 0.304 e. The van der Waals surface area contributed by atoms with E-state index in [9.17, 15) is 4.79 Å². The summed E-state index contributed by atoms with van der Waals surface area (Å²) >= 11 is 1.19. The lowest BCUT2D eigenvalue weighted by molar-refractivity contribution is 0.136. The van der Waals surface area contributed by atoms with Gasteiger partial charge in [0.25, 0.3) is 0 Å². The van der Waals surface area contributed by atoms with E-state index in [0.717, 1.165) is 31.9 Å². The molecule has 0 unspecified atom stereocenters. The van der Waals surface area contributed by atoms with Gasteiger partial charge in [0.15, 0.2) is 0 Å². The standard InChI is InChI=1S/C9H16N2O2S/c1-2-4-13-5-3-10-6-8-7-14-9(12)11-8/h7,10H,2-6H2,1H3,(H,11,12). The number of hydrogen-bond donors (Lipinski definition) is 2. The summed E-state index contributed by atoms with van der Waals surface area (Å²) in [5.74, 6) is 0. The smallest absolute Gasteiger partial charge is 0.304 e. The van der Waals surface area contributed by atoms with Gasteiger partial charge in [-0.2, -0.15) is 0 Å². The van der Waals surface area contributed by atoms with Crippen LogP contribution in [0, 0.1) is 0 Å². The largest absolute Gasteiger partial charge is 0.380 e. The Balaban J connectivity index is 2.02. The van der Waals surface area contributed by atoms with Gasteiger partial charge in [-0.1, -0.05) is 18.3 Å². The topological polar surface area (TPSA) is 54.1 Å². The molecule has 0 saturated carbocycles. The first kappa shape index (κ1) is 11.4. The van der Waals surface area contributed by atoms with Crippen LogP contribution in [0.3, 0.4) is 0 Å². The van der Waals surface area contributed by atoms with Crippen LogP contribution in [-0.4, -0.2) is 24.7 Å². The summed E-state index contributed by atoms with van der Waals surface area (Å²) in [4.78, 5) is 13.5. The summed E-state index contributed by atoms with van der Waals surface area (Å²) in [6.07, 6.45) is 1.05. The SMILES string of the molecule is CCCOCCNCc1csc(=O)[nH]1. The van der Waals surface area contributed by atoms with Crippen molar-refractivity contribution in [3.8, 4) is 0 Å². The minimum absolute atomic E-state index is 0.00373. The molecule has 0 aromatic carbocycles. The van der Waals surface area contributed by atoms with Crippen molar-refractivity contribution >= 4 is 11.3 Å². The second-order valence-corrected chi connectivity index (χ2v) is 3.80. The predicted molar refractivity (Wildman–Crippen MR) is 57.8 cm³/mol. The van der Waals surface area contributed by atoms with E-state index in [4.69, 9.17) is 4.74 Å². The highest BCUT2D eigenvalue weighted by Crippen LogP contribution is 1.93. The zero-order valence-electron chi connectivity index (χ0n) is 8.34. The molecule has 0 aliphatic heterocycles. The second-order valence-electron chi connectivity index (χ2n) is 2.96. The van der Waals surface area contributed by atoms with E-state index < -0.39 is 0 Å². The predicted octanol–water partition coefficient (Wildman–Crippen LogP) is 0.953. The van der Waals surface area contributed by atoms with Gasteiger partial charge in [0, 0.05) is 30.8 Å². The molecule has 0 radical (unpaired) electrons. The maximum absolute atomic E-state index is 10.8. The number of aromatic amines is 1. The van der Waals surface area contributed by atoms with Gasteiger partial charge in [0.2, 0.25) is 0 Å². The molecule has 1 heterocycles. The molecule has 14 heavy (non-hydrogen) atoms. The van der Waals surface area contributed by atoms with Crippen molar-refractivity contribution in [2.24, 2.45) is 0 Å². The average molecular weight is 216 g/mol. The van der Waals surface area contributed by atoms with Crippen molar-refractivity contribution < 1.29 is 4.74 Å². The Kier molecular flexibility index (Phi) is 5.51. The van der Waals surface area contributed by atoms with Gasteiger partial charge >= 0.3 is 4.87 Å². The minimum Gasteiger partial charge on any atom is -0.380 e. The Morgan fingerprint density at radius 1 is 1.57 bits per heavy atom. The molecule has 0 aliphatic carbocycles. The lowest BCUT2D eigenvalue weighted by Crippen LogP contribution is -2.20. The van der Waals surface area contributed by atoms with Crippen LogP contribution in [0.15, 0.2) is 10.2 Å². The van der Waals surface area contributed by atoms with E-state index in [1.165, 1.54) is 11.3 Å². The van der Waals surface area contributed by atoms with Crippen molar-refractivity contribution in [3.05, 3.63) is 20.7 Å². The molecule has 0 fully saturated rings. The van der Waals surface area contributed by atoms with E-state index in [1.54, 1.807) is 0 Å². The first-order valence-electron chi connectivity index (χ1n) is 4.78. The summed E-state index contributed by atoms with van der Waals surface area (Å²) in [6, 6.07) is 0. The van der Waals surface area contributed by atoms with Gasteiger partial charge in [0.05, 0.1) is 6.61 Å². The number of thiazole rings is 1. The number of ether oxygens (including phenoxy) is 1. The fourth-order valence-corrected chi connectivity index (χ4v) is 1.60. The van der Waals surface area contributed by atoms with Crippen molar-refractivity contribution in [2.75, 3.05) is 19.8 Å². The van der Waals surface area contributed by atoms with Crippen LogP contribution in [0.2, 0.25) is 0 Å². The highest BCUT2D eigenvalue weighted by Gasteiger charge is 1.94. The maximum atomic E-state index is 10.8. The quantitative estimate of drug-likeness (QED) is 0.667. The van der Waals surface area contributed by atoms with Gasteiger partial charge in [-0.25, -0.2) is 0 Å². The third-order valence-corrected chi connectivity index (χ3v) is 2.38. The van der Waals surface area contributed by atoms with Crippen molar-refractivity contribution in [1.82, 2.24) is 10.3 Å². The Bertz CT molecular complexity index is 295. The second kappa shape index (κ2) is 6.75. The summed E-state index contributed by atoms with van der Waals surface area (Å²) in [6.45, 7) is 5.15. The molecule has 2 N–H and O–H groups in total. The van der Waals surface area contributed by atoms with Crippen LogP contribution in [0.1, 0.15) is 19.0 Å². The highest BCUT2D eigenvalue weighted by atomic mass is 32.1. The Hall–Kier alpha value is -0.650. The van der Waals surface area contributed by atoms with Gasteiger partial charge in [-0.05, 0) is 6.42 Å². The monoisotopic (exact) mass is 216 g/mol. The Labute approximate surface area is 87.3 Å². The number of H-pyrrole nitrogens is 1. The number of hydrogen-bond acceptors (Lipinski definition) is 4. The lowest BCUT2D eigenvalue weighted by atomic mass is 10.5. The molecular weight excluding hydrogens is 200 g/mol. The van der Waals surface area contributed by atoms with Gasteiger partial charge in [-0.3, -0.25) is 4.79 Å². The fraction of sp³-hybridized carbons (Fsp3) is 0.667. The zero-order valence-corrected chi connectivity index (χ0v) is 9.15. The third-order valence-electron chi connectivity index (χ3n) is 1.66. The molecule has 1 rings (SSSR count). The molecule has 5 heteroatoms. The normalized spacial score (nSPS) is 10.6. The molecule has 0 bridgehead atoms. The summed E-state index contributed by atoms with van der Waals surface area (Å²) in [5, 5.41) is 5.02. The molecule has 4 nitrogen and oxygen atoms in total. The van der Waals surface area contributed by atoms with Crippen molar-refractivity contribution in [1.29, 1.82) is 0 Å². The molecule has 0 spiro atoms. The molecular formula is C9H16N2O2S. The van der Waals surface area contributed by atoms with Crippen LogP contribution < -0.4 is 10.2 Å². The Morgan fingerprint density at radius 3 is 3.07 bits per heavy atom. The molecule has 1 aromatic heterocycles. The molecule has 80 valence electrons. The van der Waals surface area contributed by atoms with Crippen LogP contribution >= 0.6 is 11.3 Å². The van der Waals surface area contributed by atoms with E-state index in [2.05, 4.69) is 17.2 Å². The van der Waals surface area contributed by atoms with Crippen LogP contribution in [0.5, 0.6) is 0 Å². The molecule has 0 atom stereocenters. The van der Waals surface area contributed by atoms with Crippen LogP contribution in [0.25, 0.3) is 0 Å². The van der Waals surface area contributed by atoms with E-state index in [0.29, 0.717) is 6.54 Å². The van der Waals surface area contributed by atoms with E-state index >= 15 is 0 Å². The molecule has 1 aromatic rings. The van der Waals surface area contributed by atoms with E-state index in [-0.39, 0.29) is 4.87 Å². The summed E-state index contributed by atoms with van der Waals surface area (Å²) in [7, 11) is 0. The van der Waals surface area contributed by atoms with Crippen molar-refractivity contribution in [3.63, 3.8) is 0 Å².